The number of phenols is 1. The third-order valence-electron chi connectivity index (χ3n) is 5.36. The second-order valence-electron chi connectivity index (χ2n) is 7.73. The van der Waals surface area contributed by atoms with Gasteiger partial charge in [0.15, 0.2) is 0 Å². The summed E-state index contributed by atoms with van der Waals surface area (Å²) in [7, 11) is 0. The molecule has 2 amide bonds. The van der Waals surface area contributed by atoms with Gasteiger partial charge < -0.3 is 9.84 Å². The summed E-state index contributed by atoms with van der Waals surface area (Å²) in [4.78, 5) is 23.6. The Morgan fingerprint density at radius 1 is 1.32 bits per heavy atom. The lowest BCUT2D eigenvalue weighted by molar-refractivity contribution is -0.118. The van der Waals surface area contributed by atoms with Crippen LogP contribution in [0.1, 0.15) is 67.9 Å². The Morgan fingerprint density at radius 3 is 2.64 bits per heavy atom. The molecular formula is C20H25NO4. The lowest BCUT2D eigenvalue weighted by Crippen LogP contribution is -2.45. The molecule has 0 fully saturated rings. The fraction of sp³-hybridized carbons (Fsp3) is 0.500. The van der Waals surface area contributed by atoms with Crippen LogP contribution in [0.15, 0.2) is 17.7 Å². The first-order valence-corrected chi connectivity index (χ1v) is 8.66. The largest absolute Gasteiger partial charge is 0.507 e. The van der Waals surface area contributed by atoms with E-state index in [1.54, 1.807) is 13.0 Å². The van der Waals surface area contributed by atoms with E-state index in [2.05, 4.69) is 32.2 Å². The van der Waals surface area contributed by atoms with Gasteiger partial charge in [-0.25, -0.2) is 0 Å². The van der Waals surface area contributed by atoms with E-state index in [0.29, 0.717) is 16.9 Å². The minimum Gasteiger partial charge on any atom is -0.507 e. The van der Waals surface area contributed by atoms with Crippen molar-refractivity contribution in [3.05, 3.63) is 34.4 Å². The fourth-order valence-electron chi connectivity index (χ4n) is 4.19. The van der Waals surface area contributed by atoms with Crippen molar-refractivity contribution >= 4 is 11.8 Å². The molecule has 0 radical (unpaired) electrons. The van der Waals surface area contributed by atoms with Crippen LogP contribution in [-0.4, -0.2) is 22.5 Å². The zero-order chi connectivity index (χ0) is 18.5. The smallest absolute Gasteiger partial charge is 0.261 e. The SMILES string of the molecule is CC(=O)NC(=O)c1c(C)cc2c(c1O)C1C=C(C)CCC1C(C)(C)O2. The average molecular weight is 343 g/mol. The maximum atomic E-state index is 12.4. The molecule has 5 nitrogen and oxygen atoms in total. The predicted molar refractivity (Wildman–Crippen MR) is 94.9 cm³/mol. The number of aromatic hydroxyl groups is 1. The Balaban J connectivity index is 2.19. The van der Waals surface area contributed by atoms with E-state index in [4.69, 9.17) is 4.74 Å². The molecule has 1 aromatic carbocycles. The minimum absolute atomic E-state index is 0.00280. The highest BCUT2D eigenvalue weighted by molar-refractivity contribution is 6.07. The highest BCUT2D eigenvalue weighted by Gasteiger charge is 2.46. The second-order valence-corrected chi connectivity index (χ2v) is 7.73. The van der Waals surface area contributed by atoms with E-state index >= 15 is 0 Å². The first-order chi connectivity index (χ1) is 11.6. The predicted octanol–water partition coefficient (Wildman–Crippen LogP) is 3.59. The van der Waals surface area contributed by atoms with Gasteiger partial charge in [0.2, 0.25) is 5.91 Å². The van der Waals surface area contributed by atoms with E-state index < -0.39 is 11.8 Å². The molecule has 0 bridgehead atoms. The zero-order valence-corrected chi connectivity index (χ0v) is 15.4. The number of phenolic OH excluding ortho intramolecular Hbond substituents is 1. The van der Waals surface area contributed by atoms with Gasteiger partial charge in [-0.3, -0.25) is 14.9 Å². The molecule has 2 aliphatic rings. The van der Waals surface area contributed by atoms with Crippen LogP contribution in [0.5, 0.6) is 11.5 Å². The molecule has 2 atom stereocenters. The van der Waals surface area contributed by atoms with Gasteiger partial charge in [0.1, 0.15) is 17.1 Å². The molecule has 0 saturated heterocycles. The number of carbonyl (C=O) groups is 2. The first-order valence-electron chi connectivity index (χ1n) is 8.66. The van der Waals surface area contributed by atoms with Gasteiger partial charge in [0, 0.05) is 24.3 Å². The number of aryl methyl sites for hydroxylation is 1. The molecule has 25 heavy (non-hydrogen) atoms. The third kappa shape index (κ3) is 2.92. The van der Waals surface area contributed by atoms with Crippen LogP contribution < -0.4 is 10.1 Å². The second kappa shape index (κ2) is 5.90. The van der Waals surface area contributed by atoms with Crippen LogP contribution in [0.2, 0.25) is 0 Å². The van der Waals surface area contributed by atoms with E-state index in [-0.39, 0.29) is 28.7 Å². The standard InChI is InChI=1S/C20H25NO4/c1-10-6-7-14-13(8-10)17-15(25-20(14,4)5)9-11(2)16(18(17)23)19(24)21-12(3)22/h8-9,13-14,23H,6-7H2,1-5H3,(H,21,22,24). The van der Waals surface area contributed by atoms with Crippen LogP contribution in [-0.2, 0) is 4.79 Å². The normalized spacial score (nSPS) is 23.6. The highest BCUT2D eigenvalue weighted by atomic mass is 16.5. The van der Waals surface area contributed by atoms with Crippen molar-refractivity contribution in [1.82, 2.24) is 5.32 Å². The van der Waals surface area contributed by atoms with Crippen molar-refractivity contribution in [1.29, 1.82) is 0 Å². The summed E-state index contributed by atoms with van der Waals surface area (Å²) in [6, 6.07) is 1.79. The van der Waals surface area contributed by atoms with Crippen LogP contribution in [0.3, 0.4) is 0 Å². The maximum Gasteiger partial charge on any atom is 0.261 e. The molecule has 2 unspecified atom stereocenters. The molecule has 1 aliphatic carbocycles. The van der Waals surface area contributed by atoms with E-state index in [9.17, 15) is 14.7 Å². The highest BCUT2D eigenvalue weighted by Crippen LogP contribution is 2.54. The summed E-state index contributed by atoms with van der Waals surface area (Å²) < 4.78 is 6.21. The Morgan fingerprint density at radius 2 is 2.00 bits per heavy atom. The molecule has 2 N–H and O–H groups in total. The molecule has 1 heterocycles. The van der Waals surface area contributed by atoms with Crippen molar-refractivity contribution in [3.8, 4) is 11.5 Å². The summed E-state index contributed by atoms with van der Waals surface area (Å²) >= 11 is 0. The molecule has 134 valence electrons. The number of allylic oxidation sites excluding steroid dienone is 2. The van der Waals surface area contributed by atoms with Crippen molar-refractivity contribution in [2.45, 2.75) is 59.0 Å². The van der Waals surface area contributed by atoms with Crippen LogP contribution in [0.4, 0.5) is 0 Å². The molecule has 0 saturated carbocycles. The molecular weight excluding hydrogens is 318 g/mol. The summed E-state index contributed by atoms with van der Waals surface area (Å²) in [6.45, 7) is 9.25. The molecule has 1 aliphatic heterocycles. The van der Waals surface area contributed by atoms with Gasteiger partial charge in [-0.2, -0.15) is 0 Å². The number of benzene rings is 1. The molecule has 0 aromatic heterocycles. The van der Waals surface area contributed by atoms with Crippen molar-refractivity contribution in [2.75, 3.05) is 0 Å². The van der Waals surface area contributed by atoms with Gasteiger partial charge in [-0.1, -0.05) is 11.6 Å². The Bertz CT molecular complexity index is 791. The third-order valence-corrected chi connectivity index (χ3v) is 5.36. The Kier molecular flexibility index (Phi) is 4.13. The van der Waals surface area contributed by atoms with Gasteiger partial charge in [0.25, 0.3) is 5.91 Å². The lowest BCUT2D eigenvalue weighted by Gasteiger charge is -2.46. The maximum absolute atomic E-state index is 12.4. The number of rotatable bonds is 1. The number of fused-ring (bicyclic) bond motifs is 3. The van der Waals surface area contributed by atoms with Gasteiger partial charge in [-0.05, 0) is 52.2 Å². The van der Waals surface area contributed by atoms with Crippen molar-refractivity contribution in [3.63, 3.8) is 0 Å². The Labute approximate surface area is 148 Å². The van der Waals surface area contributed by atoms with Gasteiger partial charge >= 0.3 is 0 Å². The average Bonchev–Trinajstić information content (AvgIpc) is 2.44. The van der Waals surface area contributed by atoms with Crippen molar-refractivity contribution in [2.24, 2.45) is 5.92 Å². The summed E-state index contributed by atoms with van der Waals surface area (Å²) in [5.41, 5.74) is 2.31. The Hall–Kier alpha value is -2.30. The number of hydrogen-bond acceptors (Lipinski definition) is 4. The number of hydrogen-bond donors (Lipinski definition) is 2. The lowest BCUT2D eigenvalue weighted by atomic mass is 9.67. The van der Waals surface area contributed by atoms with Gasteiger partial charge in [0.05, 0.1) is 5.56 Å². The number of ether oxygens (including phenoxy) is 1. The fourth-order valence-corrected chi connectivity index (χ4v) is 4.19. The quantitative estimate of drug-likeness (QED) is 0.764. The van der Waals surface area contributed by atoms with E-state index in [0.717, 1.165) is 12.8 Å². The van der Waals surface area contributed by atoms with Crippen molar-refractivity contribution < 1.29 is 19.4 Å². The summed E-state index contributed by atoms with van der Waals surface area (Å²) in [5, 5.41) is 13.2. The zero-order valence-electron chi connectivity index (χ0n) is 15.4. The monoisotopic (exact) mass is 343 g/mol. The van der Waals surface area contributed by atoms with Crippen LogP contribution >= 0.6 is 0 Å². The molecule has 1 aromatic rings. The molecule has 5 heteroatoms. The number of imide groups is 1. The van der Waals surface area contributed by atoms with E-state index in [1.165, 1.54) is 12.5 Å². The van der Waals surface area contributed by atoms with Crippen LogP contribution in [0, 0.1) is 12.8 Å². The molecule has 0 spiro atoms. The summed E-state index contributed by atoms with van der Waals surface area (Å²) in [5.74, 6) is -0.275. The number of amides is 2. The van der Waals surface area contributed by atoms with E-state index in [1.807, 2.05) is 0 Å². The topological polar surface area (TPSA) is 75.6 Å². The molecule has 3 rings (SSSR count). The van der Waals surface area contributed by atoms with Gasteiger partial charge in [-0.15, -0.1) is 0 Å². The first kappa shape index (κ1) is 17.5. The number of nitrogens with one attached hydrogen (secondary N) is 1. The minimum atomic E-state index is -0.580. The number of carbonyl (C=O) groups excluding carboxylic acids is 2. The van der Waals surface area contributed by atoms with Crippen LogP contribution in [0.25, 0.3) is 0 Å². The summed E-state index contributed by atoms with van der Waals surface area (Å²) in [6.07, 6.45) is 4.16.